The normalized spacial score (nSPS) is 14.7. The van der Waals surface area contributed by atoms with Crippen LogP contribution in [-0.4, -0.2) is 35.1 Å². The van der Waals surface area contributed by atoms with Crippen molar-refractivity contribution in [2.24, 2.45) is 5.73 Å². The molecule has 7 heteroatoms. The van der Waals surface area contributed by atoms with Gasteiger partial charge in [-0.25, -0.2) is 0 Å². The summed E-state index contributed by atoms with van der Waals surface area (Å²) in [5, 5.41) is 0. The van der Waals surface area contributed by atoms with Gasteiger partial charge in [0.2, 0.25) is 0 Å². The van der Waals surface area contributed by atoms with Crippen LogP contribution < -0.4 is 15.4 Å². The molecule has 1 saturated heterocycles. The Labute approximate surface area is 131 Å². The van der Waals surface area contributed by atoms with Crippen LogP contribution in [0.15, 0.2) is 47.0 Å². The van der Waals surface area contributed by atoms with Crippen LogP contribution >= 0.6 is 0 Å². The second-order valence-electron chi connectivity index (χ2n) is 5.35. The molecule has 7 nitrogen and oxygen atoms in total. The number of primary amides is 1. The lowest BCUT2D eigenvalue weighted by atomic mass is 10.2. The smallest absolute Gasteiger partial charge is 0.298 e. The summed E-state index contributed by atoms with van der Waals surface area (Å²) in [5.74, 6) is 0.00757. The number of oxazole rings is 1. The fourth-order valence-electron chi connectivity index (χ4n) is 2.48. The summed E-state index contributed by atoms with van der Waals surface area (Å²) in [7, 11) is 0. The van der Waals surface area contributed by atoms with Crippen LogP contribution in [-0.2, 0) is 0 Å². The Morgan fingerprint density at radius 3 is 2.91 bits per heavy atom. The quantitative estimate of drug-likeness (QED) is 0.786. The summed E-state index contributed by atoms with van der Waals surface area (Å²) in [6.45, 7) is 1.34. The largest absolute Gasteiger partial charge is 0.487 e. The van der Waals surface area contributed by atoms with Crippen molar-refractivity contribution in [2.75, 3.05) is 18.0 Å². The van der Waals surface area contributed by atoms with E-state index in [4.69, 9.17) is 14.9 Å². The standard InChI is InChI=1S/C16H14N4O3/c17-15(21)13-7-10(5-6-18-13)22-11-8-20(9-11)16-19-12-3-1-2-4-14(12)23-16/h1-7,11H,8-9H2,(H2,17,21). The maximum absolute atomic E-state index is 11.1. The number of benzene rings is 1. The number of carbonyl (C=O) groups is 1. The zero-order valence-electron chi connectivity index (χ0n) is 12.2. The van der Waals surface area contributed by atoms with Gasteiger partial charge in [-0.2, -0.15) is 4.98 Å². The van der Waals surface area contributed by atoms with Gasteiger partial charge in [0.25, 0.3) is 11.9 Å². The van der Waals surface area contributed by atoms with Crippen LogP contribution in [0.4, 0.5) is 6.01 Å². The molecule has 0 bridgehead atoms. The number of amides is 1. The second-order valence-corrected chi connectivity index (χ2v) is 5.35. The molecule has 1 aliphatic heterocycles. The van der Waals surface area contributed by atoms with Crippen molar-refractivity contribution < 1.29 is 13.9 Å². The fraction of sp³-hybridized carbons (Fsp3) is 0.188. The summed E-state index contributed by atoms with van der Waals surface area (Å²) in [6.07, 6.45) is 1.51. The van der Waals surface area contributed by atoms with Crippen molar-refractivity contribution in [1.29, 1.82) is 0 Å². The lowest BCUT2D eigenvalue weighted by molar-refractivity contribution is 0.0994. The number of hydrogen-bond acceptors (Lipinski definition) is 6. The molecule has 1 aromatic carbocycles. The van der Waals surface area contributed by atoms with E-state index in [1.807, 2.05) is 29.2 Å². The summed E-state index contributed by atoms with van der Waals surface area (Å²) < 4.78 is 11.5. The molecule has 23 heavy (non-hydrogen) atoms. The van der Waals surface area contributed by atoms with Crippen LogP contribution in [0.2, 0.25) is 0 Å². The van der Waals surface area contributed by atoms with Crippen LogP contribution in [0.5, 0.6) is 5.75 Å². The van der Waals surface area contributed by atoms with E-state index in [-0.39, 0.29) is 11.8 Å². The third-order valence-electron chi connectivity index (χ3n) is 3.69. The van der Waals surface area contributed by atoms with Gasteiger partial charge in [0, 0.05) is 12.3 Å². The van der Waals surface area contributed by atoms with Crippen molar-refractivity contribution in [2.45, 2.75) is 6.10 Å². The molecule has 0 atom stereocenters. The Hall–Kier alpha value is -3.09. The average Bonchev–Trinajstić information content (AvgIpc) is 2.94. The zero-order chi connectivity index (χ0) is 15.8. The van der Waals surface area contributed by atoms with Crippen LogP contribution in [0, 0.1) is 0 Å². The zero-order valence-corrected chi connectivity index (χ0v) is 12.2. The molecule has 116 valence electrons. The van der Waals surface area contributed by atoms with E-state index in [9.17, 15) is 4.79 Å². The number of hydrogen-bond donors (Lipinski definition) is 1. The molecule has 2 N–H and O–H groups in total. The Morgan fingerprint density at radius 1 is 1.30 bits per heavy atom. The first kappa shape index (κ1) is 13.6. The third-order valence-corrected chi connectivity index (χ3v) is 3.69. The highest BCUT2D eigenvalue weighted by Gasteiger charge is 2.32. The van der Waals surface area contributed by atoms with Crippen molar-refractivity contribution in [3.8, 4) is 5.75 Å². The first-order valence-electron chi connectivity index (χ1n) is 7.22. The van der Waals surface area contributed by atoms with E-state index in [1.54, 1.807) is 12.1 Å². The molecule has 3 aromatic rings. The van der Waals surface area contributed by atoms with Gasteiger partial charge in [-0.1, -0.05) is 12.1 Å². The number of carbonyl (C=O) groups excluding carboxylic acids is 1. The van der Waals surface area contributed by atoms with Crippen molar-refractivity contribution in [1.82, 2.24) is 9.97 Å². The van der Waals surface area contributed by atoms with E-state index in [0.717, 1.165) is 11.1 Å². The van der Waals surface area contributed by atoms with Gasteiger partial charge < -0.3 is 19.8 Å². The van der Waals surface area contributed by atoms with Gasteiger partial charge in [0.05, 0.1) is 13.1 Å². The van der Waals surface area contributed by atoms with Gasteiger partial charge in [-0.15, -0.1) is 0 Å². The predicted molar refractivity (Wildman–Crippen MR) is 83.4 cm³/mol. The van der Waals surface area contributed by atoms with Gasteiger partial charge in [-0.05, 0) is 18.2 Å². The van der Waals surface area contributed by atoms with Gasteiger partial charge in [0.1, 0.15) is 23.1 Å². The maximum atomic E-state index is 11.1. The molecule has 0 saturated carbocycles. The highest BCUT2D eigenvalue weighted by atomic mass is 16.5. The second kappa shape index (κ2) is 5.28. The number of nitrogens with zero attached hydrogens (tertiary/aromatic N) is 3. The van der Waals surface area contributed by atoms with E-state index < -0.39 is 5.91 Å². The molecule has 1 amide bonds. The number of rotatable bonds is 4. The molecule has 3 heterocycles. The number of para-hydroxylation sites is 2. The Balaban J connectivity index is 1.41. The minimum absolute atomic E-state index is 0.00754. The molecule has 1 fully saturated rings. The Morgan fingerprint density at radius 2 is 2.13 bits per heavy atom. The lowest BCUT2D eigenvalue weighted by Gasteiger charge is -2.37. The third kappa shape index (κ3) is 2.57. The van der Waals surface area contributed by atoms with Crippen LogP contribution in [0.25, 0.3) is 11.1 Å². The van der Waals surface area contributed by atoms with Crippen molar-refractivity contribution in [3.05, 3.63) is 48.3 Å². The molecule has 0 radical (unpaired) electrons. The SMILES string of the molecule is NC(=O)c1cc(OC2CN(c3nc4ccccc4o3)C2)ccn1. The highest BCUT2D eigenvalue weighted by molar-refractivity contribution is 5.91. The van der Waals surface area contributed by atoms with Crippen LogP contribution in [0.1, 0.15) is 10.5 Å². The molecular weight excluding hydrogens is 296 g/mol. The van der Waals surface area contributed by atoms with E-state index >= 15 is 0 Å². The molecule has 0 aliphatic carbocycles. The maximum Gasteiger partial charge on any atom is 0.298 e. The average molecular weight is 310 g/mol. The monoisotopic (exact) mass is 310 g/mol. The Kier molecular flexibility index (Phi) is 3.11. The van der Waals surface area contributed by atoms with Gasteiger partial charge in [0.15, 0.2) is 5.58 Å². The first-order valence-corrected chi connectivity index (χ1v) is 7.22. The number of nitrogens with two attached hydrogens (primary N) is 1. The summed E-state index contributed by atoms with van der Waals surface area (Å²) in [5.41, 5.74) is 7.01. The summed E-state index contributed by atoms with van der Waals surface area (Å²) >= 11 is 0. The number of anilines is 1. The van der Waals surface area contributed by atoms with Crippen molar-refractivity contribution >= 4 is 23.0 Å². The predicted octanol–water partition coefficient (Wildman–Crippen LogP) is 1.59. The molecule has 0 unspecified atom stereocenters. The molecule has 2 aromatic heterocycles. The molecule has 4 rings (SSSR count). The molecular formula is C16H14N4O3. The van der Waals surface area contributed by atoms with E-state index in [1.165, 1.54) is 6.20 Å². The number of aromatic nitrogens is 2. The van der Waals surface area contributed by atoms with Crippen LogP contribution in [0.3, 0.4) is 0 Å². The van der Waals surface area contributed by atoms with Gasteiger partial charge >= 0.3 is 0 Å². The van der Waals surface area contributed by atoms with E-state index in [2.05, 4.69) is 9.97 Å². The number of fused-ring (bicyclic) bond motifs is 1. The van der Waals surface area contributed by atoms with Crippen molar-refractivity contribution in [3.63, 3.8) is 0 Å². The Bertz CT molecular complexity index is 837. The lowest BCUT2D eigenvalue weighted by Crippen LogP contribution is -2.54. The topological polar surface area (TPSA) is 94.5 Å². The van der Waals surface area contributed by atoms with E-state index in [0.29, 0.717) is 24.9 Å². The molecule has 1 aliphatic rings. The number of pyridine rings is 1. The number of ether oxygens (including phenoxy) is 1. The summed E-state index contributed by atoms with van der Waals surface area (Å²) in [6, 6.07) is 11.5. The summed E-state index contributed by atoms with van der Waals surface area (Å²) in [4.78, 5) is 21.5. The van der Waals surface area contributed by atoms with Gasteiger partial charge in [-0.3, -0.25) is 9.78 Å². The minimum atomic E-state index is -0.572. The minimum Gasteiger partial charge on any atom is -0.487 e. The first-order chi connectivity index (χ1) is 11.2. The fourth-order valence-corrected chi connectivity index (χ4v) is 2.48. The molecule has 0 spiro atoms. The highest BCUT2D eigenvalue weighted by Crippen LogP contribution is 2.27.